The average Bonchev–Trinajstić information content (AvgIpc) is 2.63. The first kappa shape index (κ1) is 10.9. The Balaban J connectivity index is 1.85. The van der Waals surface area contributed by atoms with Crippen molar-refractivity contribution in [3.8, 4) is 0 Å². The van der Waals surface area contributed by atoms with E-state index in [0.29, 0.717) is 0 Å². The minimum Gasteiger partial charge on any atom is -0.354 e. The van der Waals surface area contributed by atoms with Gasteiger partial charge in [-0.1, -0.05) is 19.8 Å². The smallest absolute Gasteiger partial charge is 0.222 e. The minimum absolute atomic E-state index is 0.734. The number of nitrogens with one attached hydrogen (secondary N) is 1. The van der Waals surface area contributed by atoms with Crippen LogP contribution in [0.15, 0.2) is 16.9 Å². The van der Waals surface area contributed by atoms with Crippen LogP contribution in [-0.2, 0) is 0 Å². The van der Waals surface area contributed by atoms with E-state index in [9.17, 15) is 0 Å². The predicted octanol–water partition coefficient (Wildman–Crippen LogP) is 3.09. The summed E-state index contributed by atoms with van der Waals surface area (Å²) in [6.07, 6.45) is 7.62. The van der Waals surface area contributed by atoms with Crippen molar-refractivity contribution in [3.63, 3.8) is 0 Å². The maximum absolute atomic E-state index is 4.20. The summed E-state index contributed by atoms with van der Waals surface area (Å²) in [5, 5.41) is 3.30. The summed E-state index contributed by atoms with van der Waals surface area (Å²) in [5.74, 6) is 2.36. The zero-order chi connectivity index (χ0) is 10.7. The van der Waals surface area contributed by atoms with E-state index < -0.39 is 0 Å². The van der Waals surface area contributed by atoms with Crippen molar-refractivity contribution in [2.75, 3.05) is 11.9 Å². The molecule has 1 aromatic heterocycles. The lowest BCUT2D eigenvalue weighted by Crippen LogP contribution is -2.17. The summed E-state index contributed by atoms with van der Waals surface area (Å²) in [7, 11) is 0. The van der Waals surface area contributed by atoms with E-state index in [1.54, 1.807) is 12.4 Å². The second-order valence-electron chi connectivity index (χ2n) is 4.27. The molecule has 0 radical (unpaired) electrons. The Morgan fingerprint density at radius 1 is 1.40 bits per heavy atom. The van der Waals surface area contributed by atoms with E-state index in [1.807, 2.05) is 0 Å². The normalized spacial score (nSPS) is 25.5. The molecule has 1 aliphatic rings. The Hall–Kier alpha value is -0.640. The van der Waals surface area contributed by atoms with Crippen molar-refractivity contribution in [2.24, 2.45) is 11.8 Å². The zero-order valence-electron chi connectivity index (χ0n) is 8.91. The quantitative estimate of drug-likeness (QED) is 0.917. The lowest BCUT2D eigenvalue weighted by Gasteiger charge is -2.15. The number of halogens is 1. The van der Waals surface area contributed by atoms with Crippen LogP contribution in [0, 0.1) is 11.8 Å². The molecule has 1 N–H and O–H groups in total. The fourth-order valence-electron chi connectivity index (χ4n) is 2.15. The third-order valence-electron chi connectivity index (χ3n) is 3.18. The highest BCUT2D eigenvalue weighted by Crippen LogP contribution is 2.30. The number of rotatable bonds is 3. The molecule has 0 spiro atoms. The van der Waals surface area contributed by atoms with Crippen LogP contribution in [0.3, 0.4) is 0 Å². The molecule has 4 heteroatoms. The van der Waals surface area contributed by atoms with Gasteiger partial charge < -0.3 is 5.32 Å². The van der Waals surface area contributed by atoms with E-state index in [-0.39, 0.29) is 0 Å². The first-order valence-electron chi connectivity index (χ1n) is 5.47. The number of hydrogen-bond acceptors (Lipinski definition) is 3. The predicted molar refractivity (Wildman–Crippen MR) is 64.7 cm³/mol. The van der Waals surface area contributed by atoms with E-state index in [4.69, 9.17) is 0 Å². The van der Waals surface area contributed by atoms with Crippen molar-refractivity contribution in [1.82, 2.24) is 9.97 Å². The van der Waals surface area contributed by atoms with Gasteiger partial charge in [-0.05, 0) is 34.2 Å². The maximum Gasteiger partial charge on any atom is 0.222 e. The second kappa shape index (κ2) is 4.92. The number of nitrogens with zero attached hydrogens (tertiary/aromatic N) is 2. The van der Waals surface area contributed by atoms with Crippen LogP contribution in [0.5, 0.6) is 0 Å². The van der Waals surface area contributed by atoms with Crippen LogP contribution in [0.1, 0.15) is 26.2 Å². The number of anilines is 1. The van der Waals surface area contributed by atoms with Gasteiger partial charge in [0.05, 0.1) is 4.47 Å². The highest BCUT2D eigenvalue weighted by molar-refractivity contribution is 9.10. The van der Waals surface area contributed by atoms with Crippen LogP contribution < -0.4 is 5.32 Å². The van der Waals surface area contributed by atoms with Crippen LogP contribution >= 0.6 is 15.9 Å². The molecular weight excluding hydrogens is 254 g/mol. The molecule has 15 heavy (non-hydrogen) atoms. The van der Waals surface area contributed by atoms with E-state index in [1.165, 1.54) is 19.3 Å². The summed E-state index contributed by atoms with van der Waals surface area (Å²) < 4.78 is 0.919. The van der Waals surface area contributed by atoms with Gasteiger partial charge in [-0.3, -0.25) is 0 Å². The molecule has 0 aromatic carbocycles. The summed E-state index contributed by atoms with van der Waals surface area (Å²) in [5.41, 5.74) is 0. The molecule has 1 fully saturated rings. The van der Waals surface area contributed by atoms with E-state index in [0.717, 1.165) is 28.8 Å². The lowest BCUT2D eigenvalue weighted by molar-refractivity contribution is 0.439. The molecule has 1 aromatic rings. The first-order chi connectivity index (χ1) is 7.25. The topological polar surface area (TPSA) is 37.8 Å². The monoisotopic (exact) mass is 269 g/mol. The summed E-state index contributed by atoms with van der Waals surface area (Å²) in [6, 6.07) is 0. The molecule has 3 nitrogen and oxygen atoms in total. The Morgan fingerprint density at radius 3 is 2.73 bits per heavy atom. The Labute approximate surface area is 98.8 Å². The molecule has 1 aliphatic carbocycles. The van der Waals surface area contributed by atoms with Gasteiger partial charge in [0.2, 0.25) is 5.95 Å². The van der Waals surface area contributed by atoms with Crippen LogP contribution in [0.4, 0.5) is 5.95 Å². The van der Waals surface area contributed by atoms with Crippen LogP contribution in [0.2, 0.25) is 0 Å². The summed E-state index contributed by atoms with van der Waals surface area (Å²) in [6.45, 7) is 3.34. The van der Waals surface area contributed by atoms with Crippen LogP contribution in [0.25, 0.3) is 0 Å². The third kappa shape index (κ3) is 2.91. The molecule has 0 aliphatic heterocycles. The Bertz CT molecular complexity index is 312. The molecule has 1 heterocycles. The largest absolute Gasteiger partial charge is 0.354 e. The molecule has 1 saturated carbocycles. The lowest BCUT2D eigenvalue weighted by atomic mass is 9.98. The van der Waals surface area contributed by atoms with Crippen molar-refractivity contribution < 1.29 is 0 Å². The van der Waals surface area contributed by atoms with Crippen molar-refractivity contribution in [1.29, 1.82) is 0 Å². The minimum atomic E-state index is 0.734. The Kier molecular flexibility index (Phi) is 3.57. The first-order valence-corrected chi connectivity index (χ1v) is 6.26. The molecule has 2 rings (SSSR count). The molecular formula is C11H16BrN3. The second-order valence-corrected chi connectivity index (χ2v) is 5.19. The van der Waals surface area contributed by atoms with E-state index >= 15 is 0 Å². The molecule has 2 unspecified atom stereocenters. The van der Waals surface area contributed by atoms with Crippen LogP contribution in [-0.4, -0.2) is 16.5 Å². The van der Waals surface area contributed by atoms with Crippen molar-refractivity contribution in [3.05, 3.63) is 16.9 Å². The molecule has 82 valence electrons. The molecule has 0 saturated heterocycles. The van der Waals surface area contributed by atoms with Crippen molar-refractivity contribution in [2.45, 2.75) is 26.2 Å². The summed E-state index contributed by atoms with van der Waals surface area (Å²) in [4.78, 5) is 8.39. The van der Waals surface area contributed by atoms with Gasteiger partial charge in [0, 0.05) is 18.9 Å². The SMILES string of the molecule is CC1CCCC1CNc1ncc(Br)cn1. The third-order valence-corrected chi connectivity index (χ3v) is 3.59. The van der Waals surface area contributed by atoms with Gasteiger partial charge in [-0.25, -0.2) is 9.97 Å². The highest BCUT2D eigenvalue weighted by Gasteiger charge is 2.22. The van der Waals surface area contributed by atoms with Gasteiger partial charge in [0.1, 0.15) is 0 Å². The fourth-order valence-corrected chi connectivity index (χ4v) is 2.36. The average molecular weight is 270 g/mol. The molecule has 2 atom stereocenters. The standard InChI is InChI=1S/C11H16BrN3/c1-8-3-2-4-9(8)5-13-11-14-6-10(12)7-15-11/h6-9H,2-5H2,1H3,(H,13,14,15). The fraction of sp³-hybridized carbons (Fsp3) is 0.636. The van der Waals surface area contributed by atoms with Gasteiger partial charge >= 0.3 is 0 Å². The van der Waals surface area contributed by atoms with Gasteiger partial charge in [0.25, 0.3) is 0 Å². The highest BCUT2D eigenvalue weighted by atomic mass is 79.9. The number of hydrogen-bond donors (Lipinski definition) is 1. The zero-order valence-corrected chi connectivity index (χ0v) is 10.5. The van der Waals surface area contributed by atoms with Crippen molar-refractivity contribution >= 4 is 21.9 Å². The maximum atomic E-state index is 4.20. The molecule has 0 bridgehead atoms. The van der Waals surface area contributed by atoms with Gasteiger partial charge in [-0.15, -0.1) is 0 Å². The summed E-state index contributed by atoms with van der Waals surface area (Å²) >= 11 is 3.32. The number of aromatic nitrogens is 2. The van der Waals surface area contributed by atoms with Gasteiger partial charge in [-0.2, -0.15) is 0 Å². The van der Waals surface area contributed by atoms with Gasteiger partial charge in [0.15, 0.2) is 0 Å². The molecule has 0 amide bonds. The Morgan fingerprint density at radius 2 is 2.13 bits per heavy atom. The van der Waals surface area contributed by atoms with E-state index in [2.05, 4.69) is 38.1 Å².